The minimum Gasteiger partial charge on any atom is -0.205 e. The Morgan fingerprint density at radius 3 is 2.33 bits per heavy atom. The lowest BCUT2D eigenvalue weighted by atomic mass is 9.97. The van der Waals surface area contributed by atoms with Gasteiger partial charge in [-0.2, -0.15) is 0 Å². The van der Waals surface area contributed by atoms with E-state index in [0.717, 1.165) is 0 Å². The molecule has 0 atom stereocenters. The van der Waals surface area contributed by atoms with Crippen molar-refractivity contribution in [2.45, 2.75) is 20.8 Å². The van der Waals surface area contributed by atoms with Gasteiger partial charge in [0.1, 0.15) is 7.05 Å². The van der Waals surface area contributed by atoms with Gasteiger partial charge in [-0.25, -0.2) is 4.57 Å². The zero-order valence-corrected chi connectivity index (χ0v) is 11.4. The third kappa shape index (κ3) is 1.51. The molecular weight excluding hydrogens is 218 g/mol. The maximum absolute atomic E-state index is 2.28. The summed E-state index contributed by atoms with van der Waals surface area (Å²) in [6, 6.07) is 11.2. The fourth-order valence-corrected chi connectivity index (χ4v) is 2.60. The quantitative estimate of drug-likeness (QED) is 0.413. The second-order valence-electron chi connectivity index (χ2n) is 5.20. The summed E-state index contributed by atoms with van der Waals surface area (Å²) in [5, 5.41) is 5.39. The van der Waals surface area contributed by atoms with Crippen LogP contribution in [-0.4, -0.2) is 0 Å². The van der Waals surface area contributed by atoms with Crippen LogP contribution in [0.1, 0.15) is 16.8 Å². The van der Waals surface area contributed by atoms with Crippen LogP contribution in [0.5, 0.6) is 0 Å². The molecule has 0 saturated heterocycles. The number of hydrogen-bond acceptors (Lipinski definition) is 0. The largest absolute Gasteiger partial charge is 0.205 e. The SMILES string of the molecule is Cc1ccc2c(ccc3c[n+](C)c(C)cc32)c1C. The highest BCUT2D eigenvalue weighted by atomic mass is 14.9. The average molecular weight is 236 g/mol. The Bertz CT molecular complexity index is 770. The molecule has 1 aromatic heterocycles. The number of hydrogen-bond donors (Lipinski definition) is 0. The fourth-order valence-electron chi connectivity index (χ4n) is 2.60. The van der Waals surface area contributed by atoms with Crippen LogP contribution >= 0.6 is 0 Å². The third-order valence-electron chi connectivity index (χ3n) is 4.06. The highest BCUT2D eigenvalue weighted by Gasteiger charge is 2.09. The van der Waals surface area contributed by atoms with Gasteiger partial charge in [0.05, 0.1) is 0 Å². The van der Waals surface area contributed by atoms with Gasteiger partial charge in [-0.15, -0.1) is 0 Å². The number of aromatic nitrogens is 1. The van der Waals surface area contributed by atoms with Crippen molar-refractivity contribution in [1.29, 1.82) is 0 Å². The van der Waals surface area contributed by atoms with Crippen molar-refractivity contribution in [2.24, 2.45) is 7.05 Å². The lowest BCUT2D eigenvalue weighted by Gasteiger charge is -2.08. The van der Waals surface area contributed by atoms with Gasteiger partial charge in [0.2, 0.25) is 0 Å². The molecule has 0 bridgehead atoms. The molecule has 2 aromatic carbocycles. The topological polar surface area (TPSA) is 3.88 Å². The van der Waals surface area contributed by atoms with Gasteiger partial charge >= 0.3 is 0 Å². The van der Waals surface area contributed by atoms with Crippen LogP contribution in [0.2, 0.25) is 0 Å². The summed E-state index contributed by atoms with van der Waals surface area (Å²) < 4.78 is 2.18. The van der Waals surface area contributed by atoms with Gasteiger partial charge in [-0.05, 0) is 41.8 Å². The van der Waals surface area contributed by atoms with E-state index in [0.29, 0.717) is 0 Å². The molecule has 1 heterocycles. The standard InChI is InChI=1S/C17H18N/c1-11-5-7-16-15(13(11)3)8-6-14-10-18(4)12(2)9-17(14)16/h5-10H,1-4H3/q+1. The Labute approximate surface area is 108 Å². The number of rotatable bonds is 0. The zero-order chi connectivity index (χ0) is 12.9. The van der Waals surface area contributed by atoms with Crippen molar-refractivity contribution in [3.63, 3.8) is 0 Å². The van der Waals surface area contributed by atoms with Gasteiger partial charge < -0.3 is 0 Å². The number of benzene rings is 2. The Morgan fingerprint density at radius 1 is 0.833 bits per heavy atom. The lowest BCUT2D eigenvalue weighted by Crippen LogP contribution is -2.30. The van der Waals surface area contributed by atoms with Gasteiger partial charge in [0.25, 0.3) is 0 Å². The van der Waals surface area contributed by atoms with E-state index in [1.807, 2.05) is 0 Å². The summed E-state index contributed by atoms with van der Waals surface area (Å²) in [5.41, 5.74) is 4.04. The Morgan fingerprint density at radius 2 is 1.56 bits per heavy atom. The fraction of sp³-hybridized carbons (Fsp3) is 0.235. The Kier molecular flexibility index (Phi) is 2.37. The summed E-state index contributed by atoms with van der Waals surface area (Å²) in [6.45, 7) is 6.54. The first-order chi connectivity index (χ1) is 8.58. The lowest BCUT2D eigenvalue weighted by molar-refractivity contribution is -0.676. The molecule has 0 amide bonds. The third-order valence-corrected chi connectivity index (χ3v) is 4.06. The van der Waals surface area contributed by atoms with Crippen molar-refractivity contribution in [3.8, 4) is 0 Å². The van der Waals surface area contributed by atoms with E-state index in [1.54, 1.807) is 0 Å². The Balaban J connectivity index is 2.54. The molecule has 3 rings (SSSR count). The highest BCUT2D eigenvalue weighted by molar-refractivity contribution is 6.08. The van der Waals surface area contributed by atoms with Crippen LogP contribution in [-0.2, 0) is 7.05 Å². The van der Waals surface area contributed by atoms with Crippen LogP contribution in [0, 0.1) is 20.8 Å². The smallest absolute Gasteiger partial charge is 0.178 e. The van der Waals surface area contributed by atoms with E-state index in [4.69, 9.17) is 0 Å². The molecule has 0 radical (unpaired) electrons. The van der Waals surface area contributed by atoms with E-state index in [2.05, 4.69) is 68.9 Å². The molecule has 3 aromatic rings. The molecule has 0 aliphatic carbocycles. The summed E-state index contributed by atoms with van der Waals surface area (Å²) in [5.74, 6) is 0. The number of aryl methyl sites for hydroxylation is 4. The molecule has 0 aliphatic heterocycles. The summed E-state index contributed by atoms with van der Waals surface area (Å²) in [6.07, 6.45) is 2.21. The van der Waals surface area contributed by atoms with Crippen molar-refractivity contribution in [1.82, 2.24) is 0 Å². The molecule has 0 unspecified atom stereocenters. The van der Waals surface area contributed by atoms with Crippen LogP contribution in [0.15, 0.2) is 36.5 Å². The number of nitrogens with zero attached hydrogens (tertiary/aromatic N) is 1. The van der Waals surface area contributed by atoms with Gasteiger partial charge in [-0.3, -0.25) is 0 Å². The minimum absolute atomic E-state index is 1.29. The van der Waals surface area contributed by atoms with E-state index >= 15 is 0 Å². The van der Waals surface area contributed by atoms with E-state index in [9.17, 15) is 0 Å². The van der Waals surface area contributed by atoms with Crippen molar-refractivity contribution < 1.29 is 4.57 Å². The number of pyridine rings is 1. The highest BCUT2D eigenvalue weighted by Crippen LogP contribution is 2.28. The van der Waals surface area contributed by atoms with E-state index in [-0.39, 0.29) is 0 Å². The first-order valence-electron chi connectivity index (χ1n) is 6.37. The Hall–Kier alpha value is -1.89. The maximum atomic E-state index is 2.28. The first-order valence-corrected chi connectivity index (χ1v) is 6.37. The molecule has 0 saturated carbocycles. The molecule has 1 heteroatoms. The van der Waals surface area contributed by atoms with Gasteiger partial charge in [0, 0.05) is 23.8 Å². The number of fused-ring (bicyclic) bond motifs is 3. The van der Waals surface area contributed by atoms with Gasteiger partial charge in [-0.1, -0.05) is 18.2 Å². The van der Waals surface area contributed by atoms with Crippen LogP contribution in [0.25, 0.3) is 21.5 Å². The normalized spacial score (nSPS) is 11.3. The van der Waals surface area contributed by atoms with Gasteiger partial charge in [0.15, 0.2) is 11.9 Å². The predicted molar refractivity (Wildman–Crippen MR) is 76.8 cm³/mol. The average Bonchev–Trinajstić information content (AvgIpc) is 2.35. The van der Waals surface area contributed by atoms with Crippen molar-refractivity contribution >= 4 is 21.5 Å². The molecule has 0 N–H and O–H groups in total. The van der Waals surface area contributed by atoms with Crippen LogP contribution in [0.3, 0.4) is 0 Å². The van der Waals surface area contributed by atoms with Crippen LogP contribution < -0.4 is 4.57 Å². The monoisotopic (exact) mass is 236 g/mol. The predicted octanol–water partition coefficient (Wildman–Crippen LogP) is 3.74. The van der Waals surface area contributed by atoms with E-state index < -0.39 is 0 Å². The molecule has 18 heavy (non-hydrogen) atoms. The van der Waals surface area contributed by atoms with Crippen molar-refractivity contribution in [3.05, 3.63) is 53.3 Å². The van der Waals surface area contributed by atoms with E-state index in [1.165, 1.54) is 38.4 Å². The van der Waals surface area contributed by atoms with Crippen LogP contribution in [0.4, 0.5) is 0 Å². The minimum atomic E-state index is 1.29. The summed E-state index contributed by atoms with van der Waals surface area (Å²) >= 11 is 0. The summed E-state index contributed by atoms with van der Waals surface area (Å²) in [4.78, 5) is 0. The maximum Gasteiger partial charge on any atom is 0.178 e. The first kappa shape index (κ1) is 11.2. The van der Waals surface area contributed by atoms with Crippen molar-refractivity contribution in [2.75, 3.05) is 0 Å². The molecule has 90 valence electrons. The zero-order valence-electron chi connectivity index (χ0n) is 11.4. The second-order valence-corrected chi connectivity index (χ2v) is 5.20. The molecule has 1 nitrogen and oxygen atoms in total. The second kappa shape index (κ2) is 3.81. The molecule has 0 spiro atoms. The molecule has 0 fully saturated rings. The summed E-state index contributed by atoms with van der Waals surface area (Å²) in [7, 11) is 2.10. The molecule has 0 aliphatic rings. The molecular formula is C17H18N+.